The number of carbonyl (C=O) groups excluding carboxylic acids is 2. The number of rotatable bonds is 4. The quantitative estimate of drug-likeness (QED) is 0.596. The van der Waals surface area contributed by atoms with Gasteiger partial charge in [0.1, 0.15) is 11.1 Å². The van der Waals surface area contributed by atoms with Crippen LogP contribution in [0.5, 0.6) is 5.88 Å². The van der Waals surface area contributed by atoms with E-state index in [-0.39, 0.29) is 24.8 Å². The zero-order chi connectivity index (χ0) is 24.3. The van der Waals surface area contributed by atoms with Crippen LogP contribution in [0.25, 0.3) is 0 Å². The van der Waals surface area contributed by atoms with E-state index in [9.17, 15) is 9.59 Å². The van der Waals surface area contributed by atoms with Crippen LogP contribution in [-0.2, 0) is 27.0 Å². The standard InChI is InChI=1S/C17H24N6O3.2CH2O2/c1-20(2)16(25)17(23-9-5-8-18-23)6-10-22(11-7-17)15(24)13-12-21(3)19-14(13)26-4;2*2-1-3/h5,8-9,12H,6-7,10-11H2,1-4H3;2*1H,(H,2,3). The summed E-state index contributed by atoms with van der Waals surface area (Å²) in [5.41, 5.74) is -0.330. The van der Waals surface area contributed by atoms with Gasteiger partial charge in [-0.25, -0.2) is 0 Å². The zero-order valence-corrected chi connectivity index (χ0v) is 18.4. The molecule has 1 saturated heterocycles. The van der Waals surface area contributed by atoms with Crippen molar-refractivity contribution < 1.29 is 34.1 Å². The number of methoxy groups -OCH3 is 1. The van der Waals surface area contributed by atoms with Gasteiger partial charge in [-0.1, -0.05) is 0 Å². The van der Waals surface area contributed by atoms with Crippen molar-refractivity contribution in [2.75, 3.05) is 34.3 Å². The van der Waals surface area contributed by atoms with Crippen LogP contribution in [0.3, 0.4) is 0 Å². The topological polar surface area (TPSA) is 160 Å². The van der Waals surface area contributed by atoms with E-state index in [1.54, 1.807) is 52.7 Å². The zero-order valence-electron chi connectivity index (χ0n) is 18.4. The van der Waals surface area contributed by atoms with Gasteiger partial charge in [-0.05, 0) is 18.9 Å². The third kappa shape index (κ3) is 5.83. The Hall–Kier alpha value is -3.90. The second-order valence-electron chi connectivity index (χ2n) is 6.91. The number of likely N-dealkylation sites (tertiary alicyclic amines) is 1. The highest BCUT2D eigenvalue weighted by Crippen LogP contribution is 2.32. The molecule has 2 aromatic heterocycles. The lowest BCUT2D eigenvalue weighted by molar-refractivity contribution is -0.141. The van der Waals surface area contributed by atoms with Gasteiger partial charge in [0.15, 0.2) is 0 Å². The van der Waals surface area contributed by atoms with Gasteiger partial charge in [0.25, 0.3) is 18.9 Å². The minimum Gasteiger partial charge on any atom is -0.483 e. The lowest BCUT2D eigenvalue weighted by Gasteiger charge is -2.41. The molecule has 0 radical (unpaired) electrons. The SMILES string of the molecule is COc1nn(C)cc1C(=O)N1CCC(C(=O)N(C)C)(n2cccn2)CC1.O=CO.O=CO. The van der Waals surface area contributed by atoms with Crippen molar-refractivity contribution in [2.45, 2.75) is 18.4 Å². The first-order valence-electron chi connectivity index (χ1n) is 9.46. The average molecular weight is 452 g/mol. The molecule has 0 bridgehead atoms. The summed E-state index contributed by atoms with van der Waals surface area (Å²) in [6.07, 6.45) is 6.13. The molecule has 2 aromatic rings. The fourth-order valence-corrected chi connectivity index (χ4v) is 3.49. The summed E-state index contributed by atoms with van der Waals surface area (Å²) < 4.78 is 8.47. The van der Waals surface area contributed by atoms with Crippen molar-refractivity contribution >= 4 is 24.8 Å². The molecule has 13 nitrogen and oxygen atoms in total. The van der Waals surface area contributed by atoms with Crippen molar-refractivity contribution in [3.05, 3.63) is 30.2 Å². The van der Waals surface area contributed by atoms with E-state index in [0.29, 0.717) is 37.4 Å². The van der Waals surface area contributed by atoms with Gasteiger partial charge in [0.2, 0.25) is 11.8 Å². The fraction of sp³-hybridized carbons (Fsp3) is 0.474. The molecule has 2 amide bonds. The van der Waals surface area contributed by atoms with Gasteiger partial charge in [-0.3, -0.25) is 28.5 Å². The van der Waals surface area contributed by atoms with Gasteiger partial charge < -0.3 is 24.7 Å². The Bertz CT molecular complexity index is 880. The third-order valence-corrected chi connectivity index (χ3v) is 4.84. The predicted molar refractivity (Wildman–Crippen MR) is 111 cm³/mol. The van der Waals surface area contributed by atoms with Crippen LogP contribution >= 0.6 is 0 Å². The summed E-state index contributed by atoms with van der Waals surface area (Å²) in [7, 11) is 6.72. The highest BCUT2D eigenvalue weighted by molar-refractivity contribution is 5.96. The number of carboxylic acid groups (broad SMARTS) is 2. The Morgan fingerprint density at radius 2 is 1.75 bits per heavy atom. The second-order valence-corrected chi connectivity index (χ2v) is 6.91. The molecule has 32 heavy (non-hydrogen) atoms. The molecule has 0 spiro atoms. The van der Waals surface area contributed by atoms with Crippen LogP contribution in [0.2, 0.25) is 0 Å². The van der Waals surface area contributed by atoms with Crippen LogP contribution in [0, 0.1) is 0 Å². The molecular weight excluding hydrogens is 424 g/mol. The molecule has 0 aliphatic carbocycles. The van der Waals surface area contributed by atoms with Crippen LogP contribution in [0.15, 0.2) is 24.7 Å². The van der Waals surface area contributed by atoms with Crippen LogP contribution in [-0.4, -0.2) is 98.6 Å². The first-order valence-corrected chi connectivity index (χ1v) is 9.46. The highest BCUT2D eigenvalue weighted by atomic mass is 16.5. The Labute approximate surface area is 184 Å². The first-order chi connectivity index (χ1) is 15.2. The third-order valence-electron chi connectivity index (χ3n) is 4.84. The van der Waals surface area contributed by atoms with Crippen molar-refractivity contribution in [2.24, 2.45) is 7.05 Å². The average Bonchev–Trinajstić information content (AvgIpc) is 3.44. The lowest BCUT2D eigenvalue weighted by atomic mass is 9.86. The van der Waals surface area contributed by atoms with E-state index < -0.39 is 5.54 Å². The van der Waals surface area contributed by atoms with Crippen LogP contribution in [0.4, 0.5) is 0 Å². The van der Waals surface area contributed by atoms with E-state index in [2.05, 4.69) is 10.2 Å². The van der Waals surface area contributed by atoms with Gasteiger partial charge >= 0.3 is 0 Å². The molecule has 1 aliphatic rings. The summed E-state index contributed by atoms with van der Waals surface area (Å²) in [6, 6.07) is 1.81. The van der Waals surface area contributed by atoms with Crippen molar-refractivity contribution in [3.8, 4) is 5.88 Å². The molecule has 176 valence electrons. The molecule has 2 N–H and O–H groups in total. The summed E-state index contributed by atoms with van der Waals surface area (Å²) in [5.74, 6) is 0.166. The van der Waals surface area contributed by atoms with Crippen molar-refractivity contribution in [3.63, 3.8) is 0 Å². The molecule has 1 aliphatic heterocycles. The molecule has 3 rings (SSSR count). The van der Waals surface area contributed by atoms with Crippen LogP contribution < -0.4 is 4.74 Å². The minimum atomic E-state index is -0.761. The van der Waals surface area contributed by atoms with E-state index in [4.69, 9.17) is 24.5 Å². The largest absolute Gasteiger partial charge is 0.483 e. The molecule has 13 heteroatoms. The number of hydrogen-bond donors (Lipinski definition) is 2. The number of aryl methyl sites for hydroxylation is 1. The monoisotopic (exact) mass is 452 g/mol. The van der Waals surface area contributed by atoms with Crippen molar-refractivity contribution in [1.82, 2.24) is 29.4 Å². The molecule has 0 atom stereocenters. The number of nitrogens with zero attached hydrogens (tertiary/aromatic N) is 6. The molecule has 1 fully saturated rings. The molecule has 0 saturated carbocycles. The lowest BCUT2D eigenvalue weighted by Crippen LogP contribution is -2.55. The number of piperidine rings is 1. The Kier molecular flexibility index (Phi) is 9.86. The Morgan fingerprint density at radius 1 is 1.19 bits per heavy atom. The number of amides is 2. The summed E-state index contributed by atoms with van der Waals surface area (Å²) in [4.78, 5) is 45.8. The van der Waals surface area contributed by atoms with Gasteiger partial charge in [-0.2, -0.15) is 5.10 Å². The minimum absolute atomic E-state index is 0.00717. The van der Waals surface area contributed by atoms with E-state index in [1.165, 1.54) is 7.11 Å². The number of aromatic nitrogens is 4. The van der Waals surface area contributed by atoms with Gasteiger partial charge in [0, 0.05) is 52.8 Å². The molecule has 0 aromatic carbocycles. The normalized spacial score (nSPS) is 14.1. The molecule has 0 unspecified atom stereocenters. The maximum absolute atomic E-state index is 12.9. The number of likely N-dealkylation sites (N-methyl/N-ethyl adjacent to an activating group) is 1. The summed E-state index contributed by atoms with van der Waals surface area (Å²) >= 11 is 0. The number of carbonyl (C=O) groups is 4. The van der Waals surface area contributed by atoms with Crippen LogP contribution in [0.1, 0.15) is 23.2 Å². The number of ether oxygens (including phenoxy) is 1. The van der Waals surface area contributed by atoms with Gasteiger partial charge in [0.05, 0.1) is 7.11 Å². The van der Waals surface area contributed by atoms with E-state index in [1.807, 2.05) is 12.3 Å². The second kappa shape index (κ2) is 12.1. The molecular formula is C19H28N6O7. The summed E-state index contributed by atoms with van der Waals surface area (Å²) in [5, 5.41) is 22.2. The highest BCUT2D eigenvalue weighted by Gasteiger charge is 2.45. The predicted octanol–water partition coefficient (Wildman–Crippen LogP) is -0.253. The first kappa shape index (κ1) is 26.1. The fourth-order valence-electron chi connectivity index (χ4n) is 3.49. The maximum Gasteiger partial charge on any atom is 0.290 e. The Balaban J connectivity index is 0.000000769. The Morgan fingerprint density at radius 3 is 2.19 bits per heavy atom. The smallest absolute Gasteiger partial charge is 0.290 e. The van der Waals surface area contributed by atoms with Crippen molar-refractivity contribution in [1.29, 1.82) is 0 Å². The molecule has 3 heterocycles. The maximum atomic E-state index is 12.9. The number of hydrogen-bond acceptors (Lipinski definition) is 7. The van der Waals surface area contributed by atoms with E-state index >= 15 is 0 Å². The van der Waals surface area contributed by atoms with E-state index in [0.717, 1.165) is 0 Å². The van der Waals surface area contributed by atoms with Gasteiger partial charge in [-0.15, -0.1) is 5.10 Å². The summed E-state index contributed by atoms with van der Waals surface area (Å²) in [6.45, 7) is 0.409.